The lowest BCUT2D eigenvalue weighted by atomic mass is 10.1. The fourth-order valence-electron chi connectivity index (χ4n) is 2.50. The fourth-order valence-corrected chi connectivity index (χ4v) is 2.50. The van der Waals surface area contributed by atoms with Crippen molar-refractivity contribution in [3.8, 4) is 0 Å². The molecular weight excluding hydrogens is 317 g/mol. The van der Waals surface area contributed by atoms with E-state index in [4.69, 9.17) is 4.74 Å². The number of amides is 3. The molecule has 0 saturated heterocycles. The van der Waals surface area contributed by atoms with Crippen LogP contribution in [0.25, 0.3) is 0 Å². The Morgan fingerprint density at radius 1 is 1.17 bits per heavy atom. The summed E-state index contributed by atoms with van der Waals surface area (Å²) in [5.41, 5.74) is 3.01. The maximum Gasteiger partial charge on any atom is 0.334 e. The highest BCUT2D eigenvalue weighted by atomic mass is 19.1. The van der Waals surface area contributed by atoms with Gasteiger partial charge >= 0.3 is 12.0 Å². The minimum Gasteiger partial charge on any atom is -0.464 e. The number of carbonyl (C=O) groups excluding carboxylic acids is 3. The van der Waals surface area contributed by atoms with Crippen molar-refractivity contribution in [2.45, 2.75) is 32.7 Å². The normalized spacial score (nSPS) is 20.7. The van der Waals surface area contributed by atoms with E-state index in [0.29, 0.717) is 6.42 Å². The molecule has 1 aromatic carbocycles. The highest BCUT2D eigenvalue weighted by Crippen LogP contribution is 2.56. The summed E-state index contributed by atoms with van der Waals surface area (Å²) < 4.78 is 17.8. The van der Waals surface area contributed by atoms with Crippen molar-refractivity contribution < 1.29 is 23.5 Å². The maximum absolute atomic E-state index is 12.8. The molecule has 0 radical (unpaired) electrons. The summed E-state index contributed by atoms with van der Waals surface area (Å²) in [6, 6.07) is 4.11. The number of hydrogen-bond donors (Lipinski definition) is 3. The largest absolute Gasteiger partial charge is 0.464 e. The van der Waals surface area contributed by atoms with E-state index in [2.05, 4.69) is 16.2 Å². The Morgan fingerprint density at radius 2 is 1.75 bits per heavy atom. The number of nitrogens with one attached hydrogen (secondary N) is 3. The molecule has 0 aliphatic heterocycles. The lowest BCUT2D eigenvalue weighted by molar-refractivity contribution is -0.147. The molecule has 3 amide bonds. The van der Waals surface area contributed by atoms with Crippen LogP contribution in [0.3, 0.4) is 0 Å². The topological polar surface area (TPSA) is 96.5 Å². The van der Waals surface area contributed by atoms with E-state index in [-0.39, 0.29) is 12.2 Å². The van der Waals surface area contributed by atoms with Crippen LogP contribution < -0.4 is 16.2 Å². The second-order valence-corrected chi connectivity index (χ2v) is 6.23. The van der Waals surface area contributed by atoms with Gasteiger partial charge in [0.2, 0.25) is 0 Å². The van der Waals surface area contributed by atoms with Crippen LogP contribution in [0.1, 0.15) is 37.6 Å². The predicted molar refractivity (Wildman–Crippen MR) is 83.3 cm³/mol. The number of ether oxygens (including phenoxy) is 1. The predicted octanol–water partition coefficient (Wildman–Crippen LogP) is 1.50. The highest BCUT2D eigenvalue weighted by molar-refractivity contribution is 5.96. The molecule has 1 saturated carbocycles. The molecule has 0 bridgehead atoms. The van der Waals surface area contributed by atoms with Gasteiger partial charge in [-0.25, -0.2) is 19.4 Å². The minimum atomic E-state index is -1.10. The number of urea groups is 1. The summed E-state index contributed by atoms with van der Waals surface area (Å²) in [5, 5.41) is 2.56. The van der Waals surface area contributed by atoms with Gasteiger partial charge in [0.25, 0.3) is 5.91 Å². The first-order valence-corrected chi connectivity index (χ1v) is 7.53. The summed E-state index contributed by atoms with van der Waals surface area (Å²) in [4.78, 5) is 35.9. The van der Waals surface area contributed by atoms with Gasteiger partial charge in [-0.05, 0) is 37.6 Å². The van der Waals surface area contributed by atoms with E-state index in [0.717, 1.165) is 12.1 Å². The van der Waals surface area contributed by atoms with E-state index in [9.17, 15) is 18.8 Å². The van der Waals surface area contributed by atoms with Crippen molar-refractivity contribution in [2.75, 3.05) is 6.61 Å². The number of carbonyl (C=O) groups is 3. The van der Waals surface area contributed by atoms with Crippen LogP contribution in [0.15, 0.2) is 24.3 Å². The van der Waals surface area contributed by atoms with Crippen LogP contribution in [0.5, 0.6) is 0 Å². The van der Waals surface area contributed by atoms with Crippen molar-refractivity contribution in [1.82, 2.24) is 16.2 Å². The minimum absolute atomic E-state index is 0.184. The maximum atomic E-state index is 12.8. The average molecular weight is 337 g/mol. The summed E-state index contributed by atoms with van der Waals surface area (Å²) >= 11 is 0. The van der Waals surface area contributed by atoms with Crippen LogP contribution in [-0.2, 0) is 9.53 Å². The molecule has 130 valence electrons. The molecule has 1 aliphatic rings. The molecule has 3 N–H and O–H groups in total. The SMILES string of the molecule is CCOC(=O)C1(NC(=O)NNC(=O)c2ccc(F)cc2)CC1(C)C. The van der Waals surface area contributed by atoms with Gasteiger partial charge in [0.15, 0.2) is 0 Å². The van der Waals surface area contributed by atoms with Gasteiger partial charge in [-0.1, -0.05) is 13.8 Å². The molecule has 0 heterocycles. The number of hydrogen-bond acceptors (Lipinski definition) is 4. The molecule has 1 aliphatic carbocycles. The summed E-state index contributed by atoms with van der Waals surface area (Å²) in [6.45, 7) is 5.56. The molecule has 7 nitrogen and oxygen atoms in total. The molecule has 24 heavy (non-hydrogen) atoms. The Hall–Kier alpha value is -2.64. The molecule has 1 aromatic rings. The lowest BCUT2D eigenvalue weighted by Crippen LogP contribution is -2.55. The van der Waals surface area contributed by atoms with Gasteiger partial charge in [0, 0.05) is 11.0 Å². The van der Waals surface area contributed by atoms with Crippen molar-refractivity contribution in [3.63, 3.8) is 0 Å². The van der Waals surface area contributed by atoms with Gasteiger partial charge in [-0.3, -0.25) is 10.2 Å². The Labute approximate surface area is 138 Å². The van der Waals surface area contributed by atoms with Crippen LogP contribution in [0.2, 0.25) is 0 Å². The fraction of sp³-hybridized carbons (Fsp3) is 0.438. The molecule has 1 unspecified atom stereocenters. The third kappa shape index (κ3) is 3.47. The first kappa shape index (κ1) is 17.7. The van der Waals surface area contributed by atoms with Crippen LogP contribution in [-0.4, -0.2) is 30.1 Å². The van der Waals surface area contributed by atoms with Crippen LogP contribution >= 0.6 is 0 Å². The molecule has 1 fully saturated rings. The smallest absolute Gasteiger partial charge is 0.334 e. The Balaban J connectivity index is 1.92. The zero-order chi connectivity index (χ0) is 18.0. The third-order valence-corrected chi connectivity index (χ3v) is 4.08. The van der Waals surface area contributed by atoms with Crippen molar-refractivity contribution in [3.05, 3.63) is 35.6 Å². The first-order chi connectivity index (χ1) is 11.2. The summed E-state index contributed by atoms with van der Waals surface area (Å²) in [7, 11) is 0. The van der Waals surface area contributed by atoms with Crippen molar-refractivity contribution in [1.29, 1.82) is 0 Å². The zero-order valence-electron chi connectivity index (χ0n) is 13.7. The van der Waals surface area contributed by atoms with Gasteiger partial charge in [-0.15, -0.1) is 0 Å². The standard InChI is InChI=1S/C16H20FN3O4/c1-4-24-13(22)16(9-15(16,2)3)18-14(23)20-19-12(21)10-5-7-11(17)8-6-10/h5-8H,4,9H2,1-3H3,(H,19,21)(H2,18,20,23). The van der Waals surface area contributed by atoms with E-state index in [1.807, 2.05) is 13.8 Å². The van der Waals surface area contributed by atoms with Crippen molar-refractivity contribution >= 4 is 17.9 Å². The van der Waals surface area contributed by atoms with Gasteiger partial charge < -0.3 is 10.1 Å². The third-order valence-electron chi connectivity index (χ3n) is 4.08. The number of rotatable bonds is 4. The Bertz CT molecular complexity index is 660. The van der Waals surface area contributed by atoms with Crippen LogP contribution in [0, 0.1) is 11.2 Å². The van der Waals surface area contributed by atoms with Crippen LogP contribution in [0.4, 0.5) is 9.18 Å². The molecule has 1 atom stereocenters. The molecule has 2 rings (SSSR count). The van der Waals surface area contributed by atoms with E-state index < -0.39 is 34.7 Å². The quantitative estimate of drug-likeness (QED) is 0.573. The first-order valence-electron chi connectivity index (χ1n) is 7.53. The molecular formula is C16H20FN3O4. The van der Waals surface area contributed by atoms with E-state index >= 15 is 0 Å². The number of esters is 1. The average Bonchev–Trinajstić information content (AvgIpc) is 3.08. The second-order valence-electron chi connectivity index (χ2n) is 6.23. The second kappa shape index (κ2) is 6.46. The number of halogens is 1. The Kier molecular flexibility index (Phi) is 4.77. The highest BCUT2D eigenvalue weighted by Gasteiger charge is 2.68. The Morgan fingerprint density at radius 3 is 2.25 bits per heavy atom. The van der Waals surface area contributed by atoms with Gasteiger partial charge in [0.05, 0.1) is 6.61 Å². The number of benzene rings is 1. The van der Waals surface area contributed by atoms with Gasteiger partial charge in [-0.2, -0.15) is 0 Å². The van der Waals surface area contributed by atoms with E-state index in [1.54, 1.807) is 6.92 Å². The lowest BCUT2D eigenvalue weighted by Gasteiger charge is -2.20. The molecule has 8 heteroatoms. The molecule has 0 spiro atoms. The van der Waals surface area contributed by atoms with Gasteiger partial charge in [0.1, 0.15) is 11.4 Å². The zero-order valence-corrected chi connectivity index (χ0v) is 13.7. The summed E-state index contributed by atoms with van der Waals surface area (Å²) in [6.07, 6.45) is 0.443. The number of hydrazine groups is 1. The monoisotopic (exact) mass is 337 g/mol. The summed E-state index contributed by atoms with van der Waals surface area (Å²) in [5.74, 6) is -1.58. The molecule has 0 aromatic heterocycles. The van der Waals surface area contributed by atoms with E-state index in [1.165, 1.54) is 12.1 Å². The van der Waals surface area contributed by atoms with Crippen molar-refractivity contribution in [2.24, 2.45) is 5.41 Å².